The van der Waals surface area contributed by atoms with Crippen molar-refractivity contribution in [3.8, 4) is 11.3 Å². The minimum atomic E-state index is -0.712. The first-order chi connectivity index (χ1) is 15.0. The molecule has 0 N–H and O–H groups in total. The number of carbonyl (C=O) groups excluding carboxylic acids is 2. The minimum absolute atomic E-state index is 0.137. The van der Waals surface area contributed by atoms with Gasteiger partial charge in [-0.15, -0.1) is 0 Å². The molecule has 7 nitrogen and oxygen atoms in total. The number of alkyl halides is 1. The van der Waals surface area contributed by atoms with Crippen LogP contribution in [0.2, 0.25) is 5.02 Å². The van der Waals surface area contributed by atoms with E-state index in [9.17, 15) is 14.0 Å². The molecule has 0 atom stereocenters. The number of fused-ring (bicyclic) bond motifs is 1. The SMILES string of the molecule is Cn1ccc(-c2cc(Cl)c3ccc(C(=O)N4CCN(C(=O)OCCF)CC4)cc3n2)c1. The number of ether oxygens (including phenoxy) is 1. The maximum Gasteiger partial charge on any atom is 0.409 e. The van der Waals surface area contributed by atoms with E-state index in [0.29, 0.717) is 42.3 Å². The Hall–Kier alpha value is -3.13. The molecule has 9 heteroatoms. The highest BCUT2D eigenvalue weighted by atomic mass is 35.5. The van der Waals surface area contributed by atoms with E-state index >= 15 is 0 Å². The van der Waals surface area contributed by atoms with Gasteiger partial charge in [0.25, 0.3) is 5.91 Å². The molecule has 162 valence electrons. The average molecular weight is 445 g/mol. The summed E-state index contributed by atoms with van der Waals surface area (Å²) in [6, 6.07) is 9.07. The van der Waals surface area contributed by atoms with Crippen LogP contribution >= 0.6 is 11.6 Å². The van der Waals surface area contributed by atoms with Crippen molar-refractivity contribution < 1.29 is 18.7 Å². The number of aromatic nitrogens is 2. The summed E-state index contributed by atoms with van der Waals surface area (Å²) in [6.45, 7) is 0.463. The van der Waals surface area contributed by atoms with Crippen molar-refractivity contribution in [2.24, 2.45) is 7.05 Å². The third-order valence-electron chi connectivity index (χ3n) is 5.26. The van der Waals surface area contributed by atoms with E-state index in [1.165, 1.54) is 4.90 Å². The van der Waals surface area contributed by atoms with Gasteiger partial charge in [0.05, 0.1) is 16.2 Å². The molecule has 2 aromatic heterocycles. The van der Waals surface area contributed by atoms with Crippen LogP contribution in [0.1, 0.15) is 10.4 Å². The molecule has 0 unspecified atom stereocenters. The van der Waals surface area contributed by atoms with Gasteiger partial charge in [-0.1, -0.05) is 17.7 Å². The van der Waals surface area contributed by atoms with Crippen LogP contribution in [0, 0.1) is 0 Å². The highest BCUT2D eigenvalue weighted by Gasteiger charge is 2.26. The summed E-state index contributed by atoms with van der Waals surface area (Å²) < 4.78 is 18.9. The molecule has 1 saturated heterocycles. The Morgan fingerprint density at radius 2 is 1.87 bits per heavy atom. The topological polar surface area (TPSA) is 67.7 Å². The Morgan fingerprint density at radius 3 is 2.55 bits per heavy atom. The molecule has 1 aliphatic heterocycles. The standard InChI is InChI=1S/C22H22ClFN4O3/c1-26-6-4-16(14-26)19-13-18(23)17-3-2-15(12-20(17)25-19)21(29)27-7-9-28(10-8-27)22(30)31-11-5-24/h2-4,6,12-14H,5,7-11H2,1H3. The van der Waals surface area contributed by atoms with Crippen molar-refractivity contribution in [2.45, 2.75) is 0 Å². The summed E-state index contributed by atoms with van der Waals surface area (Å²) in [5, 5.41) is 1.35. The lowest BCUT2D eigenvalue weighted by molar-refractivity contribution is 0.0548. The zero-order chi connectivity index (χ0) is 22.0. The molecule has 3 heterocycles. The summed E-state index contributed by atoms with van der Waals surface area (Å²) in [5.74, 6) is -0.137. The number of hydrogen-bond acceptors (Lipinski definition) is 4. The van der Waals surface area contributed by atoms with Crippen molar-refractivity contribution in [1.29, 1.82) is 0 Å². The molecule has 0 aliphatic carbocycles. The summed E-state index contributed by atoms with van der Waals surface area (Å²) in [7, 11) is 1.93. The number of halogens is 2. The van der Waals surface area contributed by atoms with Crippen molar-refractivity contribution in [3.63, 3.8) is 0 Å². The lowest BCUT2D eigenvalue weighted by Crippen LogP contribution is -2.50. The fraction of sp³-hybridized carbons (Fsp3) is 0.318. The van der Waals surface area contributed by atoms with Gasteiger partial charge in [-0.2, -0.15) is 0 Å². The van der Waals surface area contributed by atoms with E-state index in [4.69, 9.17) is 21.3 Å². The molecule has 0 saturated carbocycles. The van der Waals surface area contributed by atoms with Crippen LogP contribution in [0.3, 0.4) is 0 Å². The Labute approximate surface area is 184 Å². The number of aryl methyl sites for hydroxylation is 1. The predicted molar refractivity (Wildman–Crippen MR) is 116 cm³/mol. The van der Waals surface area contributed by atoms with E-state index in [2.05, 4.69) is 0 Å². The third-order valence-corrected chi connectivity index (χ3v) is 5.57. The summed E-state index contributed by atoms with van der Waals surface area (Å²) in [4.78, 5) is 32.7. The molecular formula is C22H22ClFN4O3. The fourth-order valence-corrected chi connectivity index (χ4v) is 3.88. The number of pyridine rings is 1. The van der Waals surface area contributed by atoms with Gasteiger partial charge in [0, 0.05) is 62.1 Å². The van der Waals surface area contributed by atoms with Crippen molar-refractivity contribution in [3.05, 3.63) is 53.3 Å². The van der Waals surface area contributed by atoms with Crippen molar-refractivity contribution >= 4 is 34.5 Å². The Kier molecular flexibility index (Phi) is 6.08. The lowest BCUT2D eigenvalue weighted by Gasteiger charge is -2.34. The first kappa shape index (κ1) is 21.1. The molecule has 4 rings (SSSR count). The van der Waals surface area contributed by atoms with Gasteiger partial charge in [0.15, 0.2) is 0 Å². The monoisotopic (exact) mass is 444 g/mol. The average Bonchev–Trinajstić information content (AvgIpc) is 3.23. The molecule has 1 fully saturated rings. The van der Waals surface area contributed by atoms with Crippen LogP contribution in [0.4, 0.5) is 9.18 Å². The summed E-state index contributed by atoms with van der Waals surface area (Å²) in [5.41, 5.74) is 2.84. The molecule has 0 bridgehead atoms. The second kappa shape index (κ2) is 8.93. The number of nitrogens with zero attached hydrogens (tertiary/aromatic N) is 4. The van der Waals surface area contributed by atoms with Gasteiger partial charge in [-0.3, -0.25) is 4.79 Å². The Balaban J connectivity index is 1.52. The smallest absolute Gasteiger partial charge is 0.409 e. The molecular weight excluding hydrogens is 423 g/mol. The second-order valence-corrected chi connectivity index (χ2v) is 7.78. The highest BCUT2D eigenvalue weighted by Crippen LogP contribution is 2.29. The van der Waals surface area contributed by atoms with E-state index in [0.717, 1.165) is 16.6 Å². The van der Waals surface area contributed by atoms with Crippen molar-refractivity contribution in [1.82, 2.24) is 19.4 Å². The second-order valence-electron chi connectivity index (χ2n) is 7.37. The van der Waals surface area contributed by atoms with Gasteiger partial charge in [-0.05, 0) is 24.3 Å². The van der Waals surface area contributed by atoms with Gasteiger partial charge >= 0.3 is 6.09 Å². The van der Waals surface area contributed by atoms with Gasteiger partial charge in [0.1, 0.15) is 13.3 Å². The molecule has 3 aromatic rings. The quantitative estimate of drug-likeness (QED) is 0.614. The van der Waals surface area contributed by atoms with Gasteiger partial charge < -0.3 is 19.1 Å². The van der Waals surface area contributed by atoms with Crippen molar-refractivity contribution in [2.75, 3.05) is 39.5 Å². The van der Waals surface area contributed by atoms with E-state index in [1.807, 2.05) is 36.1 Å². The normalized spacial score (nSPS) is 14.2. The van der Waals surface area contributed by atoms with E-state index < -0.39 is 12.8 Å². The largest absolute Gasteiger partial charge is 0.447 e. The predicted octanol–water partition coefficient (Wildman–Crippen LogP) is 3.76. The number of benzene rings is 1. The first-order valence-electron chi connectivity index (χ1n) is 9.96. The van der Waals surface area contributed by atoms with Crippen LogP contribution < -0.4 is 0 Å². The van der Waals surface area contributed by atoms with Gasteiger partial charge in [-0.25, -0.2) is 14.2 Å². The number of rotatable bonds is 4. The van der Waals surface area contributed by atoms with Crippen LogP contribution in [0.15, 0.2) is 42.7 Å². The third kappa shape index (κ3) is 4.49. The molecule has 0 radical (unpaired) electrons. The fourth-order valence-electron chi connectivity index (χ4n) is 3.61. The van der Waals surface area contributed by atoms with Crippen LogP contribution in [-0.4, -0.2) is 70.8 Å². The minimum Gasteiger partial charge on any atom is -0.447 e. The maximum atomic E-state index is 13.0. The van der Waals surface area contributed by atoms with Gasteiger partial charge in [0.2, 0.25) is 0 Å². The molecule has 0 spiro atoms. The number of hydrogen-bond donors (Lipinski definition) is 0. The Bertz CT molecular complexity index is 1130. The molecule has 1 aliphatic rings. The number of carbonyl (C=O) groups is 2. The summed E-state index contributed by atoms with van der Waals surface area (Å²) in [6.07, 6.45) is 3.34. The van der Waals surface area contributed by atoms with Crippen LogP contribution in [0.25, 0.3) is 22.2 Å². The number of amides is 2. The summed E-state index contributed by atoms with van der Waals surface area (Å²) >= 11 is 6.47. The molecule has 1 aromatic carbocycles. The number of piperazine rings is 1. The molecule has 31 heavy (non-hydrogen) atoms. The maximum absolute atomic E-state index is 13.0. The zero-order valence-electron chi connectivity index (χ0n) is 17.1. The van der Waals surface area contributed by atoms with Crippen LogP contribution in [0.5, 0.6) is 0 Å². The lowest BCUT2D eigenvalue weighted by atomic mass is 10.1. The molecule has 2 amide bonds. The van der Waals surface area contributed by atoms with Crippen LogP contribution in [-0.2, 0) is 11.8 Å². The van der Waals surface area contributed by atoms with E-state index in [1.54, 1.807) is 23.1 Å². The van der Waals surface area contributed by atoms with E-state index in [-0.39, 0.29) is 12.5 Å². The zero-order valence-corrected chi connectivity index (χ0v) is 17.8. The Morgan fingerprint density at radius 1 is 1.13 bits per heavy atom. The first-order valence-corrected chi connectivity index (χ1v) is 10.3. The highest BCUT2D eigenvalue weighted by molar-refractivity contribution is 6.35.